The summed E-state index contributed by atoms with van der Waals surface area (Å²) in [5.41, 5.74) is 7.18. The first-order valence-corrected chi connectivity index (χ1v) is 11.1. The number of nitrogens with zero attached hydrogens (tertiary/aromatic N) is 2. The fraction of sp³-hybridized carbons (Fsp3) is 0.278. The first-order chi connectivity index (χ1) is 13.8. The van der Waals surface area contributed by atoms with Gasteiger partial charge in [0, 0.05) is 18.2 Å². The van der Waals surface area contributed by atoms with E-state index in [1.54, 1.807) is 18.5 Å². The Labute approximate surface area is 179 Å². The summed E-state index contributed by atoms with van der Waals surface area (Å²) in [5.74, 6) is 0.661. The number of halogens is 2. The van der Waals surface area contributed by atoms with Crippen molar-refractivity contribution in [3.63, 3.8) is 0 Å². The summed E-state index contributed by atoms with van der Waals surface area (Å²) >= 11 is 7.20. The van der Waals surface area contributed by atoms with Crippen molar-refractivity contribution in [2.75, 3.05) is 28.6 Å². The van der Waals surface area contributed by atoms with Crippen molar-refractivity contribution in [1.82, 2.24) is 9.97 Å². The maximum atomic E-state index is 13.9. The van der Waals surface area contributed by atoms with Crippen LogP contribution in [0, 0.1) is 11.7 Å². The van der Waals surface area contributed by atoms with E-state index in [9.17, 15) is 13.4 Å². The van der Waals surface area contributed by atoms with Crippen LogP contribution in [0.5, 0.6) is 0 Å². The second-order valence-corrected chi connectivity index (χ2v) is 8.80. The van der Waals surface area contributed by atoms with Gasteiger partial charge in [0.1, 0.15) is 23.1 Å². The molecule has 0 amide bonds. The summed E-state index contributed by atoms with van der Waals surface area (Å²) in [6.45, 7) is 3.91. The molecule has 0 aliphatic carbocycles. The number of hydrogen-bond acceptors (Lipinski definition) is 7. The molecule has 3 aromatic rings. The number of thiophene rings is 1. The van der Waals surface area contributed by atoms with Crippen molar-refractivity contribution >= 4 is 67.6 Å². The molecular weight excluding hydrogens is 437 g/mol. The van der Waals surface area contributed by atoms with Crippen molar-refractivity contribution in [2.24, 2.45) is 5.92 Å². The molecule has 2 aromatic heterocycles. The third-order valence-corrected chi connectivity index (χ3v) is 6.33. The van der Waals surface area contributed by atoms with E-state index in [4.69, 9.17) is 17.3 Å². The van der Waals surface area contributed by atoms with Crippen LogP contribution < -0.4 is 15.8 Å². The number of hydrogen-bond donors (Lipinski definition) is 3. The first kappa shape index (κ1) is 23.0. The highest BCUT2D eigenvalue weighted by atomic mass is 35.5. The third-order valence-electron chi connectivity index (χ3n) is 3.59. The molecule has 11 heteroatoms. The smallest absolute Gasteiger partial charge is 0.171 e. The Morgan fingerprint density at radius 3 is 2.72 bits per heavy atom. The van der Waals surface area contributed by atoms with Crippen LogP contribution in [-0.2, 0) is 11.0 Å². The molecule has 1 unspecified atom stereocenters. The highest BCUT2D eigenvalue weighted by Crippen LogP contribution is 2.30. The number of carbonyl (C=O) groups is 1. The minimum absolute atomic E-state index is 0.192. The molecule has 0 bridgehead atoms. The molecule has 4 N–H and O–H groups in total. The van der Waals surface area contributed by atoms with Crippen molar-refractivity contribution in [3.05, 3.63) is 40.2 Å². The highest BCUT2D eigenvalue weighted by molar-refractivity contribution is 7.86. The number of nitrogens with two attached hydrogens (primary N) is 1. The maximum Gasteiger partial charge on any atom is 0.171 e. The molecule has 29 heavy (non-hydrogen) atoms. The van der Waals surface area contributed by atoms with Gasteiger partial charge in [-0.05, 0) is 18.1 Å². The number of nitrogens with one attached hydrogen (secondary N) is 2. The molecule has 7 nitrogen and oxygen atoms in total. The predicted octanol–water partition coefficient (Wildman–Crippen LogP) is 4.34. The zero-order chi connectivity index (χ0) is 21.6. The number of aromatic nitrogens is 2. The lowest BCUT2D eigenvalue weighted by Gasteiger charge is -2.12. The molecule has 0 spiro atoms. The van der Waals surface area contributed by atoms with E-state index in [-0.39, 0.29) is 17.3 Å². The molecule has 156 valence electrons. The van der Waals surface area contributed by atoms with Gasteiger partial charge in [0.2, 0.25) is 0 Å². The number of carbonyl (C=O) groups excluding carboxylic acids is 1. The van der Waals surface area contributed by atoms with E-state index >= 15 is 0 Å². The lowest BCUT2D eigenvalue weighted by Crippen LogP contribution is -2.14. The summed E-state index contributed by atoms with van der Waals surface area (Å²) in [6.07, 6.45) is 2.13. The zero-order valence-corrected chi connectivity index (χ0v) is 18.4. The van der Waals surface area contributed by atoms with Crippen LogP contribution in [-0.4, -0.2) is 33.3 Å². The van der Waals surface area contributed by atoms with Gasteiger partial charge >= 0.3 is 0 Å². The number of rotatable bonds is 6. The topological polar surface area (TPSA) is 110 Å². The van der Waals surface area contributed by atoms with Gasteiger partial charge in [-0.25, -0.2) is 18.6 Å². The standard InChI is InChI=1S/C11H16ClFN2OS.C7H5N3OS/c1-7(2)6-17(16)15-9-5-4-8(12)11(14-3)10(9)13;8-7-6-5(9-3-10-7)4(1-11)2-12-6/h4-5,7,14-15H,6H2,1-3H3;1-3H,(H2,8,9,10). The van der Waals surface area contributed by atoms with E-state index in [0.717, 1.165) is 11.0 Å². The Bertz CT molecular complexity index is 1030. The van der Waals surface area contributed by atoms with Crippen molar-refractivity contribution in [3.8, 4) is 0 Å². The van der Waals surface area contributed by atoms with Crippen molar-refractivity contribution < 1.29 is 13.4 Å². The Morgan fingerprint density at radius 2 is 2.10 bits per heavy atom. The average molecular weight is 458 g/mol. The molecule has 0 radical (unpaired) electrons. The normalized spacial score (nSPS) is 11.7. The fourth-order valence-corrected chi connectivity index (χ4v) is 4.50. The van der Waals surface area contributed by atoms with Crippen molar-refractivity contribution in [2.45, 2.75) is 13.8 Å². The number of benzene rings is 1. The second kappa shape index (κ2) is 10.5. The highest BCUT2D eigenvalue weighted by Gasteiger charge is 2.13. The minimum Gasteiger partial charge on any atom is -0.384 e. The monoisotopic (exact) mass is 457 g/mol. The SMILES string of the molecule is CNc1c(Cl)ccc(NS(=O)CC(C)C)c1F.Nc1ncnc2c(C=O)csc12. The summed E-state index contributed by atoms with van der Waals surface area (Å²) in [6, 6.07) is 3.04. The number of nitrogen functional groups attached to an aromatic ring is 1. The molecule has 0 fully saturated rings. The van der Waals surface area contributed by atoms with Crippen LogP contribution in [0.2, 0.25) is 5.02 Å². The van der Waals surface area contributed by atoms with Gasteiger partial charge in [0.15, 0.2) is 12.1 Å². The summed E-state index contributed by atoms with van der Waals surface area (Å²) in [5, 5.41) is 4.69. The Balaban J connectivity index is 0.000000218. The molecule has 1 atom stereocenters. The Morgan fingerprint density at radius 1 is 1.38 bits per heavy atom. The maximum absolute atomic E-state index is 13.9. The lowest BCUT2D eigenvalue weighted by atomic mass is 10.2. The van der Waals surface area contributed by atoms with Crippen LogP contribution in [0.4, 0.5) is 21.6 Å². The molecule has 0 aliphatic heterocycles. The molecule has 0 saturated carbocycles. The van der Waals surface area contributed by atoms with Crippen LogP contribution >= 0.6 is 22.9 Å². The van der Waals surface area contributed by atoms with Gasteiger partial charge < -0.3 is 15.8 Å². The predicted molar refractivity (Wildman–Crippen MR) is 120 cm³/mol. The van der Waals surface area contributed by atoms with Gasteiger partial charge in [-0.2, -0.15) is 0 Å². The summed E-state index contributed by atoms with van der Waals surface area (Å²) in [7, 11) is 0.293. The van der Waals surface area contributed by atoms with Crippen LogP contribution in [0.1, 0.15) is 24.2 Å². The van der Waals surface area contributed by atoms with Crippen LogP contribution in [0.25, 0.3) is 10.2 Å². The van der Waals surface area contributed by atoms with E-state index in [1.165, 1.54) is 23.7 Å². The molecule has 0 saturated heterocycles. The van der Waals surface area contributed by atoms with E-state index in [1.807, 2.05) is 13.8 Å². The molecule has 3 rings (SSSR count). The number of fused-ring (bicyclic) bond motifs is 1. The van der Waals surface area contributed by atoms with Gasteiger partial charge in [0.25, 0.3) is 0 Å². The zero-order valence-electron chi connectivity index (χ0n) is 16.0. The Hall–Kier alpha value is -2.30. The van der Waals surface area contributed by atoms with Crippen LogP contribution in [0.3, 0.4) is 0 Å². The van der Waals surface area contributed by atoms with Crippen molar-refractivity contribution in [1.29, 1.82) is 0 Å². The average Bonchev–Trinajstić information content (AvgIpc) is 3.09. The van der Waals surface area contributed by atoms with E-state index in [0.29, 0.717) is 27.7 Å². The number of aldehydes is 1. The molecule has 2 heterocycles. The quantitative estimate of drug-likeness (QED) is 0.475. The number of anilines is 3. The Kier molecular flexibility index (Phi) is 8.30. The van der Waals surface area contributed by atoms with Crippen LogP contribution in [0.15, 0.2) is 23.8 Å². The first-order valence-electron chi connectivity index (χ1n) is 8.52. The van der Waals surface area contributed by atoms with Gasteiger partial charge in [0.05, 0.1) is 32.2 Å². The molecule has 0 aliphatic rings. The van der Waals surface area contributed by atoms with Gasteiger partial charge in [-0.15, -0.1) is 11.3 Å². The largest absolute Gasteiger partial charge is 0.384 e. The minimum atomic E-state index is -1.29. The lowest BCUT2D eigenvalue weighted by molar-refractivity contribution is 0.112. The van der Waals surface area contributed by atoms with Gasteiger partial charge in [-0.1, -0.05) is 25.4 Å². The fourth-order valence-electron chi connectivity index (χ4n) is 2.30. The van der Waals surface area contributed by atoms with Gasteiger partial charge in [-0.3, -0.25) is 4.79 Å². The molecule has 1 aromatic carbocycles. The summed E-state index contributed by atoms with van der Waals surface area (Å²) < 4.78 is 28.9. The summed E-state index contributed by atoms with van der Waals surface area (Å²) in [4.78, 5) is 18.3. The molecular formula is C18H21ClFN5O2S2. The second-order valence-electron chi connectivity index (χ2n) is 6.29. The van der Waals surface area contributed by atoms with E-state index < -0.39 is 16.8 Å². The third kappa shape index (κ3) is 5.84. The van der Waals surface area contributed by atoms with E-state index in [2.05, 4.69) is 20.0 Å².